The lowest BCUT2D eigenvalue weighted by atomic mass is 9.76. The fraction of sp³-hybridized carbons (Fsp3) is 0.250. The third-order valence-electron chi connectivity index (χ3n) is 6.17. The molecular formula is C24H18F5N5O. The van der Waals surface area contributed by atoms with Gasteiger partial charge in [0.05, 0.1) is 5.52 Å². The van der Waals surface area contributed by atoms with Gasteiger partial charge in [0.25, 0.3) is 5.92 Å². The average molecular weight is 487 g/mol. The minimum absolute atomic E-state index is 0.156. The van der Waals surface area contributed by atoms with Crippen molar-refractivity contribution in [3.05, 3.63) is 77.9 Å². The molecule has 1 aliphatic rings. The summed E-state index contributed by atoms with van der Waals surface area (Å²) < 4.78 is 71.3. The van der Waals surface area contributed by atoms with E-state index >= 15 is 8.78 Å². The number of amides is 1. The Bertz CT molecular complexity index is 1430. The molecule has 6 nitrogen and oxygen atoms in total. The first-order valence-electron chi connectivity index (χ1n) is 10.7. The van der Waals surface area contributed by atoms with E-state index in [1.807, 2.05) is 0 Å². The lowest BCUT2D eigenvalue weighted by Crippen LogP contribution is -2.35. The first-order chi connectivity index (χ1) is 16.5. The lowest BCUT2D eigenvalue weighted by molar-refractivity contribution is -0.153. The molecule has 1 amide bonds. The number of imidazole rings is 1. The Morgan fingerprint density at radius 2 is 1.69 bits per heavy atom. The third kappa shape index (κ3) is 3.80. The van der Waals surface area contributed by atoms with Crippen LogP contribution in [0.2, 0.25) is 0 Å². The minimum atomic E-state index is -4.79. The summed E-state index contributed by atoms with van der Waals surface area (Å²) in [4.78, 5) is 25.7. The van der Waals surface area contributed by atoms with Crippen molar-refractivity contribution < 1.29 is 26.7 Å². The normalized spacial score (nSPS) is 18.1. The quantitative estimate of drug-likeness (QED) is 0.378. The van der Waals surface area contributed by atoms with Gasteiger partial charge >= 0.3 is 6.18 Å². The number of hydrogen-bond donors (Lipinski definition) is 1. The van der Waals surface area contributed by atoms with Crippen molar-refractivity contribution in [1.29, 1.82) is 0 Å². The second kappa shape index (κ2) is 7.82. The molecule has 1 atom stereocenters. The highest BCUT2D eigenvalue weighted by molar-refractivity contribution is 6.08. The summed E-state index contributed by atoms with van der Waals surface area (Å²) in [5.74, 6) is -5.04. The zero-order valence-corrected chi connectivity index (χ0v) is 18.3. The molecule has 0 saturated carbocycles. The van der Waals surface area contributed by atoms with Crippen LogP contribution in [0.3, 0.4) is 0 Å². The summed E-state index contributed by atoms with van der Waals surface area (Å²) in [5.41, 5.74) is -1.76. The summed E-state index contributed by atoms with van der Waals surface area (Å²) in [6.07, 6.45) is -4.91. The molecule has 0 aliphatic carbocycles. The number of fused-ring (bicyclic) bond motifs is 2. The van der Waals surface area contributed by atoms with Gasteiger partial charge in [-0.05, 0) is 24.6 Å². The van der Waals surface area contributed by atoms with Crippen molar-refractivity contribution >= 4 is 17.2 Å². The number of alkyl halides is 5. The fourth-order valence-corrected chi connectivity index (χ4v) is 4.32. The van der Waals surface area contributed by atoms with Crippen LogP contribution in [0.4, 0.5) is 27.8 Å². The highest BCUT2D eigenvalue weighted by Crippen LogP contribution is 2.49. The van der Waals surface area contributed by atoms with Crippen LogP contribution < -0.4 is 5.32 Å². The summed E-state index contributed by atoms with van der Waals surface area (Å²) in [5, 5.41) is 2.54. The maximum absolute atomic E-state index is 15.5. The van der Waals surface area contributed by atoms with Crippen LogP contribution in [0.15, 0.2) is 61.1 Å². The number of hydrogen-bond acceptors (Lipinski definition) is 4. The Labute approximate surface area is 195 Å². The van der Waals surface area contributed by atoms with Gasteiger partial charge in [-0.3, -0.25) is 4.79 Å². The van der Waals surface area contributed by atoms with Crippen LogP contribution in [0.5, 0.6) is 0 Å². The molecule has 3 aromatic heterocycles. The zero-order valence-electron chi connectivity index (χ0n) is 18.3. The second-order valence-corrected chi connectivity index (χ2v) is 8.47. The van der Waals surface area contributed by atoms with Crippen LogP contribution in [-0.4, -0.2) is 31.4 Å². The van der Waals surface area contributed by atoms with Gasteiger partial charge in [0.2, 0.25) is 5.91 Å². The Hall–Kier alpha value is -3.89. The van der Waals surface area contributed by atoms with Gasteiger partial charge in [0.15, 0.2) is 5.82 Å². The van der Waals surface area contributed by atoms with Crippen molar-refractivity contribution in [2.24, 2.45) is 0 Å². The van der Waals surface area contributed by atoms with E-state index < -0.39 is 42.0 Å². The van der Waals surface area contributed by atoms with Gasteiger partial charge in [-0.25, -0.2) is 15.0 Å². The summed E-state index contributed by atoms with van der Waals surface area (Å²) >= 11 is 0. The number of carbonyl (C=O) groups is 1. The highest BCUT2D eigenvalue weighted by Gasteiger charge is 2.52. The second-order valence-electron chi connectivity index (χ2n) is 8.47. The molecule has 4 heterocycles. The van der Waals surface area contributed by atoms with E-state index in [0.29, 0.717) is 11.1 Å². The summed E-state index contributed by atoms with van der Waals surface area (Å²) in [6.45, 7) is 1.43. The maximum atomic E-state index is 15.5. The van der Waals surface area contributed by atoms with Crippen LogP contribution in [0, 0.1) is 0 Å². The SMILES string of the molecule is CC1(c2ccccc2)C(=O)Nc2nc(-c3ncn4ccccc34)nc(C(F)(F)CCC(F)(F)F)c21. The van der Waals surface area contributed by atoms with E-state index in [0.717, 1.165) is 0 Å². The standard InChI is InChI=1S/C24H18F5N5O/c1-22(14-7-3-2-4-8-14)16-18(23(25,26)10-11-24(27,28)29)31-20(32-19(16)33-21(22)35)17-15-9-5-6-12-34(15)13-30-17/h2-9,12-13H,10-11H2,1H3,(H,31,32,33,35). The van der Waals surface area contributed by atoms with Gasteiger partial charge in [0.1, 0.15) is 28.9 Å². The topological polar surface area (TPSA) is 72.2 Å². The molecule has 0 spiro atoms. The number of nitrogens with one attached hydrogen (secondary N) is 1. The highest BCUT2D eigenvalue weighted by atomic mass is 19.4. The third-order valence-corrected chi connectivity index (χ3v) is 6.17. The van der Waals surface area contributed by atoms with Crippen molar-refractivity contribution in [3.8, 4) is 11.5 Å². The molecule has 0 radical (unpaired) electrons. The molecule has 5 rings (SSSR count). The molecular weight excluding hydrogens is 469 g/mol. The molecule has 0 fully saturated rings. The van der Waals surface area contributed by atoms with E-state index in [-0.39, 0.29) is 22.9 Å². The smallest absolute Gasteiger partial charge is 0.309 e. The van der Waals surface area contributed by atoms with Crippen LogP contribution in [0.25, 0.3) is 17.0 Å². The van der Waals surface area contributed by atoms with Gasteiger partial charge in [-0.2, -0.15) is 22.0 Å². The molecule has 180 valence electrons. The van der Waals surface area contributed by atoms with Crippen molar-refractivity contribution in [2.45, 2.75) is 37.3 Å². The summed E-state index contributed by atoms with van der Waals surface area (Å²) in [7, 11) is 0. The van der Waals surface area contributed by atoms with Crippen molar-refractivity contribution in [1.82, 2.24) is 19.4 Å². The van der Waals surface area contributed by atoms with Gasteiger partial charge in [0, 0.05) is 24.6 Å². The number of halogens is 5. The van der Waals surface area contributed by atoms with Crippen molar-refractivity contribution in [2.75, 3.05) is 5.32 Å². The predicted molar refractivity (Wildman–Crippen MR) is 117 cm³/mol. The minimum Gasteiger partial charge on any atom is -0.309 e. The van der Waals surface area contributed by atoms with Crippen LogP contribution in [0.1, 0.15) is 36.6 Å². The molecule has 0 saturated heterocycles. The molecule has 11 heteroatoms. The molecule has 1 aliphatic heterocycles. The molecule has 0 bridgehead atoms. The zero-order chi connectivity index (χ0) is 25.0. The van der Waals surface area contributed by atoms with E-state index in [9.17, 15) is 18.0 Å². The first-order valence-corrected chi connectivity index (χ1v) is 10.7. The Kier molecular flexibility index (Phi) is 5.11. The average Bonchev–Trinajstić information content (AvgIpc) is 3.37. The van der Waals surface area contributed by atoms with E-state index in [1.165, 1.54) is 13.3 Å². The number of pyridine rings is 1. The summed E-state index contributed by atoms with van der Waals surface area (Å²) in [6, 6.07) is 13.3. The number of rotatable bonds is 5. The number of nitrogens with zero attached hydrogens (tertiary/aromatic N) is 4. The van der Waals surface area contributed by atoms with Gasteiger partial charge < -0.3 is 9.72 Å². The van der Waals surface area contributed by atoms with Gasteiger partial charge in [-0.15, -0.1) is 0 Å². The Morgan fingerprint density at radius 3 is 2.40 bits per heavy atom. The van der Waals surface area contributed by atoms with E-state index in [1.54, 1.807) is 59.1 Å². The van der Waals surface area contributed by atoms with Crippen LogP contribution >= 0.6 is 0 Å². The fourth-order valence-electron chi connectivity index (χ4n) is 4.32. The largest absolute Gasteiger partial charge is 0.389 e. The maximum Gasteiger partial charge on any atom is 0.389 e. The van der Waals surface area contributed by atoms with Gasteiger partial charge in [-0.1, -0.05) is 36.4 Å². The molecule has 1 unspecified atom stereocenters. The number of anilines is 1. The van der Waals surface area contributed by atoms with Crippen molar-refractivity contribution in [3.63, 3.8) is 0 Å². The first kappa shape index (κ1) is 22.9. The molecule has 1 N–H and O–H groups in total. The molecule has 4 aromatic rings. The van der Waals surface area contributed by atoms with Crippen LogP contribution in [-0.2, 0) is 16.1 Å². The monoisotopic (exact) mass is 487 g/mol. The Balaban J connectivity index is 1.75. The molecule has 1 aromatic carbocycles. The van der Waals surface area contributed by atoms with E-state index in [2.05, 4.69) is 20.3 Å². The number of aromatic nitrogens is 4. The predicted octanol–water partition coefficient (Wildman–Crippen LogP) is 5.48. The molecule has 35 heavy (non-hydrogen) atoms. The Morgan fingerprint density at radius 1 is 0.971 bits per heavy atom. The number of carbonyl (C=O) groups excluding carboxylic acids is 1. The number of benzene rings is 1. The van der Waals surface area contributed by atoms with E-state index in [4.69, 9.17) is 0 Å². The lowest BCUT2D eigenvalue weighted by Gasteiger charge is -2.27.